The molecule has 30 heavy (non-hydrogen) atoms. The molecule has 2 nitrogen and oxygen atoms in total. The summed E-state index contributed by atoms with van der Waals surface area (Å²) in [6.07, 6.45) is 1.78. The number of nitrogens with zero attached hydrogens (tertiary/aromatic N) is 1. The third-order valence-electron chi connectivity index (χ3n) is 5.55. The first-order valence-electron chi connectivity index (χ1n) is 10.7. The minimum atomic E-state index is 0.384. The molecule has 0 amide bonds. The highest BCUT2D eigenvalue weighted by atomic mass is 127. The summed E-state index contributed by atoms with van der Waals surface area (Å²) < 4.78 is 2.53. The van der Waals surface area contributed by atoms with E-state index in [4.69, 9.17) is 5.53 Å². The number of nitrogens with one attached hydrogen (secondary N) is 1. The quantitative estimate of drug-likeness (QED) is 0.234. The summed E-state index contributed by atoms with van der Waals surface area (Å²) in [4.78, 5) is 0. The Balaban J connectivity index is 3.07. The van der Waals surface area contributed by atoms with Gasteiger partial charge >= 0.3 is 0 Å². The van der Waals surface area contributed by atoms with Crippen LogP contribution in [-0.2, 0) is 0 Å². The molecule has 0 fully saturated rings. The second kappa shape index (κ2) is 10.7. The molecule has 2 rings (SSSR count). The van der Waals surface area contributed by atoms with Crippen molar-refractivity contribution in [3.63, 3.8) is 0 Å². The van der Waals surface area contributed by atoms with Gasteiger partial charge in [0.15, 0.2) is 0 Å². The first kappa shape index (κ1) is 25.5. The number of hydrogen-bond donors (Lipinski definition) is 1. The van der Waals surface area contributed by atoms with Crippen molar-refractivity contribution in [1.29, 1.82) is 5.53 Å². The highest BCUT2D eigenvalue weighted by Gasteiger charge is 2.25. The maximum Gasteiger partial charge on any atom is 0.0573 e. The van der Waals surface area contributed by atoms with Crippen LogP contribution in [-0.4, -0.2) is 0 Å². The molecular formula is C26H34I2N2. The van der Waals surface area contributed by atoms with E-state index in [1.807, 2.05) is 0 Å². The lowest BCUT2D eigenvalue weighted by atomic mass is 9.78. The van der Waals surface area contributed by atoms with Gasteiger partial charge in [-0.15, -0.1) is 0 Å². The van der Waals surface area contributed by atoms with Crippen LogP contribution in [0.3, 0.4) is 0 Å². The molecule has 0 aliphatic carbocycles. The SMILES string of the molecule is CC(C)c1cc(I)cc(C(C)C)c1C(=CN=N)c1c(C(C)C)cc(I)cc1C(C)C. The van der Waals surface area contributed by atoms with Gasteiger partial charge in [0.05, 0.1) is 6.20 Å². The van der Waals surface area contributed by atoms with Gasteiger partial charge in [0.2, 0.25) is 0 Å². The van der Waals surface area contributed by atoms with Gasteiger partial charge in [-0.25, -0.2) is 5.53 Å². The Morgan fingerprint density at radius 1 is 0.667 bits per heavy atom. The summed E-state index contributed by atoms with van der Waals surface area (Å²) >= 11 is 4.86. The largest absolute Gasteiger partial charge is 0.205 e. The fourth-order valence-electron chi connectivity index (χ4n) is 4.06. The van der Waals surface area contributed by atoms with E-state index >= 15 is 0 Å². The Kier molecular flexibility index (Phi) is 9.10. The zero-order valence-corrected chi connectivity index (χ0v) is 23.7. The molecular weight excluding hydrogens is 594 g/mol. The summed E-state index contributed by atoms with van der Waals surface area (Å²) in [6.45, 7) is 18.1. The molecule has 0 spiro atoms. The molecule has 0 aliphatic heterocycles. The van der Waals surface area contributed by atoms with Crippen molar-refractivity contribution < 1.29 is 0 Å². The Morgan fingerprint density at radius 2 is 0.933 bits per heavy atom. The average Bonchev–Trinajstić information content (AvgIpc) is 2.65. The van der Waals surface area contributed by atoms with Crippen molar-refractivity contribution in [2.24, 2.45) is 5.11 Å². The third-order valence-corrected chi connectivity index (χ3v) is 6.79. The van der Waals surface area contributed by atoms with Crippen LogP contribution in [0.4, 0.5) is 0 Å². The van der Waals surface area contributed by atoms with Crippen molar-refractivity contribution in [2.45, 2.75) is 79.1 Å². The summed E-state index contributed by atoms with van der Waals surface area (Å²) in [5, 5.41) is 3.82. The molecule has 0 saturated heterocycles. The van der Waals surface area contributed by atoms with Crippen molar-refractivity contribution in [3.8, 4) is 0 Å². The number of halogens is 2. The predicted octanol–water partition coefficient (Wildman–Crippen LogP) is 9.81. The van der Waals surface area contributed by atoms with E-state index in [2.05, 4.69) is 130 Å². The van der Waals surface area contributed by atoms with Gasteiger partial charge in [-0.05, 0) is 126 Å². The smallest absolute Gasteiger partial charge is 0.0573 e. The molecule has 4 heteroatoms. The van der Waals surface area contributed by atoms with Crippen LogP contribution in [0, 0.1) is 12.7 Å². The number of rotatable bonds is 7. The Bertz CT molecular complexity index is 824. The van der Waals surface area contributed by atoms with Crippen LogP contribution in [0.5, 0.6) is 0 Å². The summed E-state index contributed by atoms with van der Waals surface area (Å²) in [6, 6.07) is 9.23. The molecule has 1 N–H and O–H groups in total. The summed E-state index contributed by atoms with van der Waals surface area (Å²) in [7, 11) is 0. The summed E-state index contributed by atoms with van der Waals surface area (Å²) in [5.74, 6) is 1.54. The molecule has 0 unspecified atom stereocenters. The van der Waals surface area contributed by atoms with Crippen LogP contribution in [0.15, 0.2) is 35.6 Å². The molecule has 2 aromatic rings. The summed E-state index contributed by atoms with van der Waals surface area (Å²) in [5.41, 5.74) is 16.7. The van der Waals surface area contributed by atoms with Gasteiger partial charge in [-0.2, -0.15) is 5.11 Å². The first-order chi connectivity index (χ1) is 14.0. The minimum Gasteiger partial charge on any atom is -0.205 e. The fraction of sp³-hybridized carbons (Fsp3) is 0.462. The van der Waals surface area contributed by atoms with Crippen LogP contribution in [0.25, 0.3) is 5.57 Å². The normalized spacial score (nSPS) is 11.7. The van der Waals surface area contributed by atoms with Gasteiger partial charge in [0.25, 0.3) is 0 Å². The van der Waals surface area contributed by atoms with E-state index in [0.29, 0.717) is 23.7 Å². The lowest BCUT2D eigenvalue weighted by Gasteiger charge is -2.27. The Hall–Kier alpha value is -0.760. The van der Waals surface area contributed by atoms with Crippen molar-refractivity contribution in [1.82, 2.24) is 0 Å². The van der Waals surface area contributed by atoms with Gasteiger partial charge in [0.1, 0.15) is 0 Å². The van der Waals surface area contributed by atoms with E-state index in [0.717, 1.165) is 5.57 Å². The second-order valence-electron chi connectivity index (χ2n) is 9.21. The maximum atomic E-state index is 7.77. The Morgan fingerprint density at radius 3 is 1.13 bits per heavy atom. The monoisotopic (exact) mass is 628 g/mol. The third kappa shape index (κ3) is 5.53. The zero-order valence-electron chi connectivity index (χ0n) is 19.4. The molecule has 0 aliphatic rings. The molecule has 0 saturated carbocycles. The first-order valence-corrected chi connectivity index (χ1v) is 12.9. The van der Waals surface area contributed by atoms with Crippen molar-refractivity contribution in [2.75, 3.05) is 0 Å². The van der Waals surface area contributed by atoms with Gasteiger partial charge in [-0.1, -0.05) is 55.4 Å². The van der Waals surface area contributed by atoms with E-state index in [9.17, 15) is 0 Å². The van der Waals surface area contributed by atoms with E-state index in [-0.39, 0.29) is 0 Å². The van der Waals surface area contributed by atoms with Crippen LogP contribution in [0.2, 0.25) is 0 Å². The Labute approximate surface area is 210 Å². The van der Waals surface area contributed by atoms with Crippen molar-refractivity contribution in [3.05, 3.63) is 71.0 Å². The lowest BCUT2D eigenvalue weighted by Crippen LogP contribution is -2.10. The zero-order chi connectivity index (χ0) is 22.7. The van der Waals surface area contributed by atoms with Gasteiger partial charge in [0, 0.05) is 12.7 Å². The minimum absolute atomic E-state index is 0.384. The molecule has 2 aromatic carbocycles. The molecule has 0 bridgehead atoms. The van der Waals surface area contributed by atoms with Gasteiger partial charge in [-0.3, -0.25) is 0 Å². The molecule has 0 aromatic heterocycles. The predicted molar refractivity (Wildman–Crippen MR) is 147 cm³/mol. The second-order valence-corrected chi connectivity index (χ2v) is 11.7. The fourth-order valence-corrected chi connectivity index (χ4v) is 5.40. The van der Waals surface area contributed by atoms with E-state index in [1.54, 1.807) is 6.20 Å². The highest BCUT2D eigenvalue weighted by molar-refractivity contribution is 14.1. The molecule has 0 radical (unpaired) electrons. The van der Waals surface area contributed by atoms with E-state index in [1.165, 1.54) is 40.5 Å². The highest BCUT2D eigenvalue weighted by Crippen LogP contribution is 2.43. The topological polar surface area (TPSA) is 36.2 Å². The lowest BCUT2D eigenvalue weighted by molar-refractivity contribution is 0.814. The maximum absolute atomic E-state index is 7.77. The van der Waals surface area contributed by atoms with Crippen LogP contribution < -0.4 is 0 Å². The van der Waals surface area contributed by atoms with Crippen LogP contribution >= 0.6 is 45.2 Å². The molecule has 162 valence electrons. The standard InChI is InChI=1S/C26H34I2N2/c1-14(2)20-9-18(27)10-21(15(3)4)25(20)24(13-30-29)26-22(16(5)6)11-19(28)12-23(26)17(7)8/h9-17,29H,1-8H3. The van der Waals surface area contributed by atoms with Crippen molar-refractivity contribution >= 4 is 50.8 Å². The average molecular weight is 628 g/mol. The molecule has 0 atom stereocenters. The van der Waals surface area contributed by atoms with E-state index < -0.39 is 0 Å². The number of benzene rings is 2. The molecule has 0 heterocycles. The number of hydrogen-bond acceptors (Lipinski definition) is 2. The van der Waals surface area contributed by atoms with Crippen LogP contribution in [0.1, 0.15) is 112 Å². The van der Waals surface area contributed by atoms with Gasteiger partial charge < -0.3 is 0 Å².